The quantitative estimate of drug-likeness (QED) is 0.518. The highest BCUT2D eigenvalue weighted by Crippen LogP contribution is 2.44. The molecule has 18 heavy (non-hydrogen) atoms. The normalized spacial score (nSPS) is 20.3. The van der Waals surface area contributed by atoms with Crippen LogP contribution in [-0.2, 0) is 0 Å². The summed E-state index contributed by atoms with van der Waals surface area (Å²) < 4.78 is 0. The molecule has 0 aromatic carbocycles. The zero-order valence-electron chi connectivity index (χ0n) is 9.94. The van der Waals surface area contributed by atoms with Gasteiger partial charge in [-0.05, 0) is 11.8 Å². The molecule has 1 fully saturated rings. The maximum absolute atomic E-state index is 11.9. The molecule has 2 rings (SSSR count). The first kappa shape index (κ1) is 12.8. The minimum absolute atomic E-state index is 0.0310. The highest BCUT2D eigenvalue weighted by molar-refractivity contribution is 6.32. The van der Waals surface area contributed by atoms with Gasteiger partial charge in [-0.15, -0.1) is 0 Å². The molecule has 0 radical (unpaired) electrons. The summed E-state index contributed by atoms with van der Waals surface area (Å²) >= 11 is 5.78. The molecule has 0 bridgehead atoms. The van der Waals surface area contributed by atoms with Gasteiger partial charge in [-0.25, -0.2) is 4.98 Å². The smallest absolute Gasteiger partial charge is 0.288 e. The van der Waals surface area contributed by atoms with Gasteiger partial charge in [-0.3, -0.25) is 14.9 Å². The second kappa shape index (κ2) is 4.20. The van der Waals surface area contributed by atoms with Crippen LogP contribution in [0.2, 0.25) is 5.15 Å². The maximum Gasteiger partial charge on any atom is 0.288 e. The average molecular weight is 270 g/mol. The van der Waals surface area contributed by atoms with Crippen molar-refractivity contribution in [2.24, 2.45) is 5.41 Å². The number of nitro groups is 1. The van der Waals surface area contributed by atoms with Crippen LogP contribution in [0.5, 0.6) is 0 Å². The van der Waals surface area contributed by atoms with E-state index in [9.17, 15) is 14.9 Å². The monoisotopic (exact) mass is 269 g/mol. The fourth-order valence-corrected chi connectivity index (χ4v) is 1.83. The van der Waals surface area contributed by atoms with E-state index in [1.54, 1.807) is 0 Å². The third-order valence-electron chi connectivity index (χ3n) is 3.10. The van der Waals surface area contributed by atoms with Gasteiger partial charge in [-0.1, -0.05) is 25.4 Å². The Bertz CT molecular complexity index is 530. The first-order valence-electron chi connectivity index (χ1n) is 5.42. The number of hydrogen-bond acceptors (Lipinski definition) is 4. The molecular weight excluding hydrogens is 258 g/mol. The number of carbonyl (C=O) groups is 1. The van der Waals surface area contributed by atoms with Gasteiger partial charge in [0.15, 0.2) is 0 Å². The zero-order valence-corrected chi connectivity index (χ0v) is 10.7. The fraction of sp³-hybridized carbons (Fsp3) is 0.455. The molecule has 1 saturated carbocycles. The highest BCUT2D eigenvalue weighted by atomic mass is 35.5. The Morgan fingerprint density at radius 3 is 2.78 bits per heavy atom. The van der Waals surface area contributed by atoms with Crippen LogP contribution in [-0.4, -0.2) is 21.9 Å². The first-order chi connectivity index (χ1) is 8.31. The van der Waals surface area contributed by atoms with Crippen LogP contribution in [0, 0.1) is 15.5 Å². The Kier molecular flexibility index (Phi) is 2.98. The van der Waals surface area contributed by atoms with Gasteiger partial charge < -0.3 is 5.32 Å². The van der Waals surface area contributed by atoms with Crippen molar-refractivity contribution < 1.29 is 9.72 Å². The van der Waals surface area contributed by atoms with E-state index in [1.807, 2.05) is 13.8 Å². The lowest BCUT2D eigenvalue weighted by molar-refractivity contribution is -0.385. The van der Waals surface area contributed by atoms with Crippen LogP contribution >= 0.6 is 11.6 Å². The number of halogens is 1. The van der Waals surface area contributed by atoms with E-state index in [1.165, 1.54) is 0 Å². The van der Waals surface area contributed by atoms with Crippen molar-refractivity contribution in [2.45, 2.75) is 26.3 Å². The van der Waals surface area contributed by atoms with Crippen molar-refractivity contribution in [1.82, 2.24) is 10.3 Å². The molecule has 1 atom stereocenters. The predicted octanol–water partition coefficient (Wildman–Crippen LogP) is 2.17. The van der Waals surface area contributed by atoms with Gasteiger partial charge in [0.05, 0.1) is 10.5 Å². The van der Waals surface area contributed by atoms with Crippen LogP contribution in [0.4, 0.5) is 5.69 Å². The third kappa shape index (κ3) is 2.43. The lowest BCUT2D eigenvalue weighted by Crippen LogP contribution is -2.28. The summed E-state index contributed by atoms with van der Waals surface area (Å²) in [6.07, 6.45) is 1.92. The lowest BCUT2D eigenvalue weighted by atomic mass is 10.2. The van der Waals surface area contributed by atoms with Gasteiger partial charge in [0.25, 0.3) is 11.6 Å². The van der Waals surface area contributed by atoms with Crippen molar-refractivity contribution in [1.29, 1.82) is 0 Å². The number of nitrogens with zero attached hydrogens (tertiary/aromatic N) is 2. The molecule has 6 nitrogen and oxygen atoms in total. The van der Waals surface area contributed by atoms with Crippen molar-refractivity contribution in [3.63, 3.8) is 0 Å². The second-order valence-electron chi connectivity index (χ2n) is 5.01. The SMILES string of the molecule is CC1(C)CC1NC(=O)c1cc([N+](=O)[O-])cnc1Cl. The Labute approximate surface area is 109 Å². The molecule has 0 saturated heterocycles. The first-order valence-corrected chi connectivity index (χ1v) is 5.80. The van der Waals surface area contributed by atoms with Crippen molar-refractivity contribution in [2.75, 3.05) is 0 Å². The van der Waals surface area contributed by atoms with Crippen molar-refractivity contribution in [3.05, 3.63) is 33.1 Å². The number of hydrogen-bond donors (Lipinski definition) is 1. The van der Waals surface area contributed by atoms with Gasteiger partial charge >= 0.3 is 0 Å². The molecule has 0 spiro atoms. The molecule has 7 heteroatoms. The molecule has 1 amide bonds. The number of rotatable bonds is 3. The topological polar surface area (TPSA) is 85.1 Å². The van der Waals surface area contributed by atoms with E-state index in [2.05, 4.69) is 10.3 Å². The number of pyridine rings is 1. The van der Waals surface area contributed by atoms with E-state index in [-0.39, 0.29) is 27.9 Å². The summed E-state index contributed by atoms with van der Waals surface area (Å²) in [4.78, 5) is 25.6. The minimum Gasteiger partial charge on any atom is -0.349 e. The Morgan fingerprint density at radius 1 is 1.67 bits per heavy atom. The van der Waals surface area contributed by atoms with Gasteiger partial charge in [0, 0.05) is 12.1 Å². The Hall–Kier alpha value is -1.69. The molecule has 0 aliphatic heterocycles. The van der Waals surface area contributed by atoms with Gasteiger partial charge in [0.2, 0.25) is 0 Å². The number of carbonyl (C=O) groups excluding carboxylic acids is 1. The van der Waals surface area contributed by atoms with Crippen LogP contribution in [0.25, 0.3) is 0 Å². The summed E-state index contributed by atoms with van der Waals surface area (Å²) in [5, 5.41) is 13.4. The highest BCUT2D eigenvalue weighted by Gasteiger charge is 2.46. The zero-order chi connectivity index (χ0) is 13.5. The number of nitrogens with one attached hydrogen (secondary N) is 1. The summed E-state index contributed by atoms with van der Waals surface area (Å²) in [5.41, 5.74) is -0.135. The molecule has 1 aliphatic rings. The molecule has 1 N–H and O–H groups in total. The summed E-state index contributed by atoms with van der Waals surface area (Å²) in [5.74, 6) is -0.424. The minimum atomic E-state index is -0.610. The average Bonchev–Trinajstić information content (AvgIpc) is 2.85. The van der Waals surface area contributed by atoms with Crippen LogP contribution in [0.1, 0.15) is 30.6 Å². The lowest BCUT2D eigenvalue weighted by Gasteiger charge is -2.07. The van der Waals surface area contributed by atoms with Crippen LogP contribution in [0.15, 0.2) is 12.3 Å². The van der Waals surface area contributed by atoms with E-state index >= 15 is 0 Å². The number of amides is 1. The van der Waals surface area contributed by atoms with Crippen LogP contribution < -0.4 is 5.32 Å². The Morgan fingerprint density at radius 2 is 2.28 bits per heavy atom. The maximum atomic E-state index is 11.9. The van der Waals surface area contributed by atoms with E-state index in [4.69, 9.17) is 11.6 Å². The van der Waals surface area contributed by atoms with Crippen molar-refractivity contribution in [3.8, 4) is 0 Å². The Balaban J connectivity index is 2.19. The molecule has 1 heterocycles. The summed E-state index contributed by atoms with van der Waals surface area (Å²) in [6, 6.07) is 1.22. The molecular formula is C11H12ClN3O3. The molecule has 1 aromatic rings. The van der Waals surface area contributed by atoms with E-state index < -0.39 is 10.8 Å². The molecule has 1 aromatic heterocycles. The summed E-state index contributed by atoms with van der Waals surface area (Å²) in [7, 11) is 0. The van der Waals surface area contributed by atoms with E-state index in [0.717, 1.165) is 18.7 Å². The molecule has 1 unspecified atom stereocenters. The van der Waals surface area contributed by atoms with Gasteiger partial charge in [0.1, 0.15) is 11.3 Å². The largest absolute Gasteiger partial charge is 0.349 e. The predicted molar refractivity (Wildman–Crippen MR) is 65.6 cm³/mol. The number of aromatic nitrogens is 1. The van der Waals surface area contributed by atoms with Crippen molar-refractivity contribution >= 4 is 23.2 Å². The molecule has 96 valence electrons. The third-order valence-corrected chi connectivity index (χ3v) is 3.40. The second-order valence-corrected chi connectivity index (χ2v) is 5.37. The van der Waals surface area contributed by atoms with E-state index in [0.29, 0.717) is 0 Å². The van der Waals surface area contributed by atoms with Gasteiger partial charge in [-0.2, -0.15) is 0 Å². The van der Waals surface area contributed by atoms with Crippen LogP contribution in [0.3, 0.4) is 0 Å². The fourth-order valence-electron chi connectivity index (χ4n) is 1.65. The summed E-state index contributed by atoms with van der Waals surface area (Å²) in [6.45, 7) is 4.07. The molecule has 1 aliphatic carbocycles. The standard InChI is InChI=1S/C11H12ClN3O3/c1-11(2)4-8(11)14-10(16)7-3-6(15(17)18)5-13-9(7)12/h3,5,8H,4H2,1-2H3,(H,14,16).